The van der Waals surface area contributed by atoms with Gasteiger partial charge in [-0.1, -0.05) is 230 Å². The molecule has 8 bridgehead atoms. The monoisotopic (exact) mass is 1320 g/mol. The number of ether oxygens (including phenoxy) is 6. The van der Waals surface area contributed by atoms with Gasteiger partial charge in [0.1, 0.15) is 36.3 Å². The van der Waals surface area contributed by atoms with Crippen molar-refractivity contribution in [1.82, 2.24) is 0 Å². The average molecular weight is 1320 g/mol. The van der Waals surface area contributed by atoms with Crippen LogP contribution < -0.4 is 20.7 Å². The summed E-state index contributed by atoms with van der Waals surface area (Å²) in [6.45, 7) is 42.2. The lowest BCUT2D eigenvalue weighted by Crippen LogP contribution is -2.73. The van der Waals surface area contributed by atoms with Crippen LogP contribution >= 0.6 is 0 Å². The normalized spacial score (nSPS) is 34.2. The molecular formula is C79H112O11Si3. The second-order valence-electron chi connectivity index (χ2n) is 32.6. The Labute approximate surface area is 561 Å². The molecule has 7 aliphatic rings. The molecule has 0 saturated carbocycles. The highest BCUT2D eigenvalue weighted by Crippen LogP contribution is 2.50. The van der Waals surface area contributed by atoms with Crippen molar-refractivity contribution in [3.63, 3.8) is 0 Å². The van der Waals surface area contributed by atoms with Gasteiger partial charge in [-0.15, -0.1) is 0 Å². The van der Waals surface area contributed by atoms with Gasteiger partial charge in [-0.2, -0.15) is 0 Å². The molecule has 506 valence electrons. The highest BCUT2D eigenvalue weighted by molar-refractivity contribution is 7.00. The summed E-state index contributed by atoms with van der Waals surface area (Å²) in [7, 11) is -8.66. The maximum Gasteiger partial charge on any atom is 0.261 e. The maximum atomic E-state index is 15.4. The zero-order chi connectivity index (χ0) is 66.4. The number of benzene rings is 4. The van der Waals surface area contributed by atoms with Crippen LogP contribution in [0.5, 0.6) is 0 Å². The number of hydrogen-bond donors (Lipinski definition) is 1. The predicted octanol–water partition coefficient (Wildman–Crippen LogP) is 13.9. The smallest absolute Gasteiger partial charge is 0.261 e. The summed E-state index contributed by atoms with van der Waals surface area (Å²) in [6, 6.07) is 43.1. The number of aliphatic hydroxyl groups is 1. The van der Waals surface area contributed by atoms with Crippen LogP contribution in [-0.4, -0.2) is 134 Å². The SMILES string of the molecule is C=C1CC2/C=C/C(O)C[C@H]3O[C@H]4[C@@H](O[Si](c5ccccc5)(c5ccccc5)C(C)(C)C)[C@H]5O[C@H](CC[C@@H]5O[C@H]4[C@H]3O[Si](c3ccccc3)(c3ccccc3)C(C)(C)C)CC(=O)CC3[C@H](CC4O[C@@H](CCC1O2)C[C@@H](C)C4=C)O[C@H](C[C@H](C)CO[Si](C)(C)C(C)(C)C)[C@@H]3C. The molecule has 11 rings (SSSR count). The molecule has 0 radical (unpaired) electrons. The van der Waals surface area contributed by atoms with Crippen LogP contribution in [0.2, 0.25) is 28.2 Å². The minimum atomic E-state index is -3.37. The van der Waals surface area contributed by atoms with E-state index in [-0.39, 0.29) is 89.0 Å². The molecule has 14 heteroatoms. The summed E-state index contributed by atoms with van der Waals surface area (Å²) >= 11 is 0. The Morgan fingerprint density at radius 2 is 1.08 bits per heavy atom. The van der Waals surface area contributed by atoms with Crippen LogP contribution in [0.4, 0.5) is 0 Å². The zero-order valence-electron chi connectivity index (χ0n) is 58.6. The molecule has 5 unspecified atom stereocenters. The fourth-order valence-electron chi connectivity index (χ4n) is 16.7. The van der Waals surface area contributed by atoms with Crippen molar-refractivity contribution in [1.29, 1.82) is 0 Å². The Morgan fingerprint density at radius 1 is 0.548 bits per heavy atom. The third kappa shape index (κ3) is 14.8. The van der Waals surface area contributed by atoms with Crippen molar-refractivity contribution in [2.45, 2.75) is 273 Å². The molecule has 0 aliphatic carbocycles. The van der Waals surface area contributed by atoms with Gasteiger partial charge in [0.15, 0.2) is 8.32 Å². The Balaban J connectivity index is 0.999. The Hall–Kier alpha value is -3.98. The van der Waals surface area contributed by atoms with Crippen molar-refractivity contribution in [3.8, 4) is 0 Å². The molecule has 0 amide bonds. The largest absolute Gasteiger partial charge is 0.417 e. The van der Waals surface area contributed by atoms with Gasteiger partial charge in [0.2, 0.25) is 0 Å². The number of carbonyl (C=O) groups excluding carboxylic acids is 1. The van der Waals surface area contributed by atoms with E-state index in [1.165, 1.54) is 0 Å². The van der Waals surface area contributed by atoms with Gasteiger partial charge in [0, 0.05) is 38.7 Å². The van der Waals surface area contributed by atoms with Crippen LogP contribution in [0.3, 0.4) is 0 Å². The van der Waals surface area contributed by atoms with Gasteiger partial charge in [-0.3, -0.25) is 4.79 Å². The number of rotatable bonds is 13. The van der Waals surface area contributed by atoms with Gasteiger partial charge in [0.05, 0.1) is 61.0 Å². The summed E-state index contributed by atoms with van der Waals surface area (Å²) in [5, 5.41) is 16.5. The van der Waals surface area contributed by atoms with Crippen molar-refractivity contribution in [2.75, 3.05) is 6.61 Å². The van der Waals surface area contributed by atoms with Crippen molar-refractivity contribution < 1.29 is 51.6 Å². The van der Waals surface area contributed by atoms with Gasteiger partial charge < -0.3 is 46.8 Å². The lowest BCUT2D eigenvalue weighted by molar-refractivity contribution is -0.254. The van der Waals surface area contributed by atoms with Crippen LogP contribution in [0.1, 0.15) is 154 Å². The molecule has 7 aliphatic heterocycles. The highest BCUT2D eigenvalue weighted by Gasteiger charge is 2.65. The summed E-state index contributed by atoms with van der Waals surface area (Å²) in [5.41, 5.74) is 2.16. The molecular weight excluding hydrogens is 1210 g/mol. The maximum absolute atomic E-state index is 15.4. The molecule has 0 spiro atoms. The third-order valence-electron chi connectivity index (χ3n) is 22.9. The minimum Gasteiger partial charge on any atom is -0.417 e. The number of fused-ring (bicyclic) bond motifs is 7. The van der Waals surface area contributed by atoms with E-state index in [4.69, 9.17) is 41.7 Å². The Kier molecular flexibility index (Phi) is 21.5. The van der Waals surface area contributed by atoms with Crippen molar-refractivity contribution in [2.24, 2.45) is 23.7 Å². The molecule has 6 fully saturated rings. The predicted molar refractivity (Wildman–Crippen MR) is 380 cm³/mol. The van der Waals surface area contributed by atoms with Crippen LogP contribution in [0, 0.1) is 23.7 Å². The van der Waals surface area contributed by atoms with E-state index in [2.05, 4.69) is 231 Å². The number of Topliss-reactive ketones (excluding diaryl/α,β-unsaturated/α-hetero) is 1. The number of aliphatic hydroxyl groups excluding tert-OH is 1. The average Bonchev–Trinajstić information content (AvgIpc) is 1.29. The topological polar surface area (TPSA) is 120 Å². The van der Waals surface area contributed by atoms with E-state index in [0.29, 0.717) is 38.7 Å². The molecule has 4 aromatic carbocycles. The molecule has 7 heterocycles. The molecule has 0 aromatic heterocycles. The number of carbonyl (C=O) groups is 1. The first kappa shape index (κ1) is 70.3. The Morgan fingerprint density at radius 3 is 1.62 bits per heavy atom. The van der Waals surface area contributed by atoms with Gasteiger partial charge in [-0.25, -0.2) is 0 Å². The summed E-state index contributed by atoms with van der Waals surface area (Å²) in [5.74, 6) is 0.777. The van der Waals surface area contributed by atoms with Crippen LogP contribution in [-0.2, 0) is 46.5 Å². The van der Waals surface area contributed by atoms with Crippen molar-refractivity contribution in [3.05, 3.63) is 158 Å². The second-order valence-corrected chi connectivity index (χ2v) is 46.0. The summed E-state index contributed by atoms with van der Waals surface area (Å²) in [6.07, 6.45) is 4.13. The van der Waals surface area contributed by atoms with E-state index in [9.17, 15) is 5.11 Å². The first-order chi connectivity index (χ1) is 44.1. The van der Waals surface area contributed by atoms with Crippen LogP contribution in [0.25, 0.3) is 0 Å². The molecule has 1 N–H and O–H groups in total. The second kappa shape index (κ2) is 28.5. The number of hydrogen-bond acceptors (Lipinski definition) is 11. The molecule has 19 atom stereocenters. The first-order valence-corrected chi connectivity index (χ1v) is 42.2. The van der Waals surface area contributed by atoms with Crippen molar-refractivity contribution >= 4 is 51.5 Å². The third-order valence-corrected chi connectivity index (χ3v) is 37.5. The molecule has 6 saturated heterocycles. The quantitative estimate of drug-likeness (QED) is 0.102. The van der Waals surface area contributed by atoms with Gasteiger partial charge in [0.25, 0.3) is 16.6 Å². The zero-order valence-corrected chi connectivity index (χ0v) is 61.6. The summed E-state index contributed by atoms with van der Waals surface area (Å²) < 4.78 is 67.8. The standard InChI is InChI=1S/C79H112O11Si3/c1-51(50-82-91(15,16)77(6,7)8)43-68-55(5)65-47-57(81)46-60-40-42-67-72(85-60)76(90-93(79(12,13)14,63-33-25-19-26-34-63)64-35-27-20-28-36-64)75-74(87-67)73(89-92(78(9,10)11,61-29-21-17-22-30-61)62-31-23-18-24-32-62)71(88-75)48-56(80)37-38-58-45-53(3)66(83-58)41-39-59-44-52(2)54(4)69(84-59)49-70(65)86-68/h17-38,51-52,55-56,58-60,65-76,80H,3-4,39-50H2,1-2,5-16H3/b38-37+/t51-,52+,55+,56?,58?,59-,60+,65?,66?,67-,68+,69?,70-,71+,72-,73-,74-,75+,76-/m0/s1. The molecule has 93 heavy (non-hydrogen) atoms. The molecule has 11 nitrogen and oxygen atoms in total. The fraction of sp³-hybridized carbons (Fsp3) is 0.608. The highest BCUT2D eigenvalue weighted by atomic mass is 28.4. The van der Waals surface area contributed by atoms with Gasteiger partial charge >= 0.3 is 0 Å². The van der Waals surface area contributed by atoms with Gasteiger partial charge in [-0.05, 0) is 122 Å². The van der Waals surface area contributed by atoms with E-state index < -0.39 is 84.9 Å². The lowest BCUT2D eigenvalue weighted by atomic mass is 9.78. The van der Waals surface area contributed by atoms with E-state index >= 15 is 4.79 Å². The number of ketones is 1. The van der Waals surface area contributed by atoms with E-state index in [1.807, 2.05) is 12.2 Å². The van der Waals surface area contributed by atoms with E-state index in [1.54, 1.807) is 0 Å². The molecule has 4 aromatic rings. The first-order valence-electron chi connectivity index (χ1n) is 35.5. The summed E-state index contributed by atoms with van der Waals surface area (Å²) in [4.78, 5) is 15.4. The van der Waals surface area contributed by atoms with Crippen LogP contribution in [0.15, 0.2) is 158 Å². The fourth-order valence-corrected chi connectivity index (χ4v) is 27.2. The lowest BCUT2D eigenvalue weighted by Gasteiger charge is -2.53. The minimum absolute atomic E-state index is 0.00488. The Bertz CT molecular complexity index is 3100. The van der Waals surface area contributed by atoms with E-state index in [0.717, 1.165) is 57.6 Å².